The van der Waals surface area contributed by atoms with Crippen LogP contribution in [0.15, 0.2) is 0 Å². The molecule has 0 bridgehead atoms. The Hall–Kier alpha value is -0.550. The monoisotopic (exact) mass is 280 g/mol. The highest BCUT2D eigenvalue weighted by atomic mass is 31.1. The highest BCUT2D eigenvalue weighted by Crippen LogP contribution is 2.26. The average Bonchev–Trinajstić information content (AvgIpc) is 2.38. The van der Waals surface area contributed by atoms with E-state index in [4.69, 9.17) is 14.3 Å². The van der Waals surface area contributed by atoms with Crippen LogP contribution >= 0.6 is 8.25 Å². The molecule has 2 unspecified atom stereocenters. The van der Waals surface area contributed by atoms with Crippen LogP contribution < -0.4 is 5.48 Å². The summed E-state index contributed by atoms with van der Waals surface area (Å²) in [6.07, 6.45) is 4.26. The van der Waals surface area contributed by atoms with Crippen LogP contribution in [-0.4, -0.2) is 24.3 Å². The third-order valence-corrected chi connectivity index (χ3v) is 3.36. The average molecular weight is 280 g/mol. The van der Waals surface area contributed by atoms with Gasteiger partial charge in [0.1, 0.15) is 13.2 Å². The number of amides is 1. The fourth-order valence-electron chi connectivity index (χ4n) is 1.37. The van der Waals surface area contributed by atoms with E-state index in [1.807, 2.05) is 0 Å². The first-order valence-corrected chi connectivity index (χ1v) is 7.39. The van der Waals surface area contributed by atoms with Crippen LogP contribution in [0.1, 0.15) is 46.0 Å². The molecule has 6 nitrogen and oxygen atoms in total. The Kier molecular flexibility index (Phi) is 11.2. The minimum Gasteiger partial charge on any atom is -0.289 e. The Morgan fingerprint density at radius 2 is 2.11 bits per heavy atom. The molecule has 0 rings (SSSR count). The molecule has 0 aliphatic heterocycles. The molecule has 0 radical (unpaired) electrons. The van der Waals surface area contributed by atoms with Crippen molar-refractivity contribution < 1.29 is 23.6 Å². The van der Waals surface area contributed by atoms with Gasteiger partial charge in [0.05, 0.1) is 6.42 Å². The third-order valence-electron chi connectivity index (χ3n) is 2.61. The number of carbonyl (C=O) groups is 1. The normalized spacial score (nSPS) is 13.2. The SMILES string of the molecule is CCCCC(CC)CO[P+](=O)OCCC(=O)NO. The van der Waals surface area contributed by atoms with Gasteiger partial charge < -0.3 is 0 Å². The first-order valence-electron chi connectivity index (χ1n) is 6.30. The second-order valence-corrected chi connectivity index (χ2v) is 5.02. The van der Waals surface area contributed by atoms with Crippen molar-refractivity contribution in [3.8, 4) is 0 Å². The lowest BCUT2D eigenvalue weighted by Gasteiger charge is -2.09. The molecular weight excluding hydrogens is 257 g/mol. The highest BCUT2D eigenvalue weighted by Gasteiger charge is 2.22. The molecular formula is C11H23NO5P+. The first kappa shape index (κ1) is 17.4. The van der Waals surface area contributed by atoms with Crippen molar-refractivity contribution in [2.45, 2.75) is 46.0 Å². The minimum atomic E-state index is -2.18. The number of rotatable bonds is 11. The fraction of sp³-hybridized carbons (Fsp3) is 0.909. The summed E-state index contributed by atoms with van der Waals surface area (Å²) in [5.41, 5.74) is 1.47. The smallest absolute Gasteiger partial charge is 0.289 e. The molecule has 18 heavy (non-hydrogen) atoms. The predicted octanol–water partition coefficient (Wildman–Crippen LogP) is 2.79. The lowest BCUT2D eigenvalue weighted by atomic mass is 10.0. The lowest BCUT2D eigenvalue weighted by molar-refractivity contribution is -0.129. The van der Waals surface area contributed by atoms with Gasteiger partial charge in [-0.15, -0.1) is 9.05 Å². The first-order chi connectivity index (χ1) is 8.63. The van der Waals surface area contributed by atoms with Gasteiger partial charge in [-0.2, -0.15) is 0 Å². The Morgan fingerprint density at radius 3 is 2.67 bits per heavy atom. The van der Waals surface area contributed by atoms with E-state index >= 15 is 0 Å². The van der Waals surface area contributed by atoms with Gasteiger partial charge in [0, 0.05) is 4.57 Å². The summed E-state index contributed by atoms with van der Waals surface area (Å²) >= 11 is 0. The van der Waals surface area contributed by atoms with Gasteiger partial charge in [-0.3, -0.25) is 10.0 Å². The number of hydrogen-bond donors (Lipinski definition) is 2. The summed E-state index contributed by atoms with van der Waals surface area (Å²) in [5, 5.41) is 8.23. The standard InChI is InChI=1S/C11H22NO5P/c1-3-5-6-10(4-2)9-17-18(15)16-8-7-11(13)12-14/h10H,3-9H2,1-2H3,(H-,12,13,14)/p+1. The van der Waals surface area contributed by atoms with Gasteiger partial charge in [0.25, 0.3) is 0 Å². The topological polar surface area (TPSA) is 84.9 Å². The Labute approximate surface area is 109 Å². The van der Waals surface area contributed by atoms with Gasteiger partial charge >= 0.3 is 8.25 Å². The molecule has 0 aromatic rings. The summed E-state index contributed by atoms with van der Waals surface area (Å²) < 4.78 is 21.2. The molecule has 0 aliphatic rings. The van der Waals surface area contributed by atoms with Crippen molar-refractivity contribution in [2.75, 3.05) is 13.2 Å². The summed E-state index contributed by atoms with van der Waals surface area (Å²) in [7, 11) is -2.18. The van der Waals surface area contributed by atoms with Crippen LogP contribution in [0.5, 0.6) is 0 Å². The molecule has 0 aromatic carbocycles. The second-order valence-electron chi connectivity index (χ2n) is 4.05. The molecule has 2 atom stereocenters. The molecule has 0 saturated heterocycles. The summed E-state index contributed by atoms with van der Waals surface area (Å²) in [6, 6.07) is 0. The summed E-state index contributed by atoms with van der Waals surface area (Å²) in [5.74, 6) is -0.180. The zero-order valence-corrected chi connectivity index (χ0v) is 11.9. The number of hydroxylamine groups is 1. The number of hydrogen-bond acceptors (Lipinski definition) is 5. The van der Waals surface area contributed by atoms with Gasteiger partial charge in [0.15, 0.2) is 0 Å². The van der Waals surface area contributed by atoms with Gasteiger partial charge in [-0.1, -0.05) is 33.1 Å². The van der Waals surface area contributed by atoms with Crippen molar-refractivity contribution in [3.63, 3.8) is 0 Å². The van der Waals surface area contributed by atoms with Crippen molar-refractivity contribution in [3.05, 3.63) is 0 Å². The molecule has 0 heterocycles. The maximum absolute atomic E-state index is 11.3. The number of carbonyl (C=O) groups excluding carboxylic acids is 1. The molecule has 2 N–H and O–H groups in total. The van der Waals surface area contributed by atoms with Gasteiger partial charge in [-0.05, 0) is 12.3 Å². The van der Waals surface area contributed by atoms with E-state index in [0.717, 1.165) is 25.7 Å². The van der Waals surface area contributed by atoms with Crippen molar-refractivity contribution in [1.29, 1.82) is 0 Å². The van der Waals surface area contributed by atoms with Crippen LogP contribution in [0.3, 0.4) is 0 Å². The minimum absolute atomic E-state index is 0.0344. The van der Waals surface area contributed by atoms with Crippen LogP contribution in [0.2, 0.25) is 0 Å². The van der Waals surface area contributed by atoms with E-state index in [1.54, 1.807) is 0 Å². The van der Waals surface area contributed by atoms with E-state index in [1.165, 1.54) is 5.48 Å². The quantitative estimate of drug-likeness (QED) is 0.345. The summed E-state index contributed by atoms with van der Waals surface area (Å²) in [6.45, 7) is 4.58. The van der Waals surface area contributed by atoms with Crippen molar-refractivity contribution >= 4 is 14.2 Å². The van der Waals surface area contributed by atoms with E-state index in [2.05, 4.69) is 13.8 Å². The fourth-order valence-corrected chi connectivity index (χ4v) is 2.02. The maximum atomic E-state index is 11.3. The largest absolute Gasteiger partial charge is 0.697 e. The summed E-state index contributed by atoms with van der Waals surface area (Å²) in [4.78, 5) is 10.6. The number of unbranched alkanes of at least 4 members (excludes halogenated alkanes) is 1. The van der Waals surface area contributed by atoms with Crippen molar-refractivity contribution in [2.24, 2.45) is 5.92 Å². The van der Waals surface area contributed by atoms with Crippen LogP contribution in [0, 0.1) is 5.92 Å². The highest BCUT2D eigenvalue weighted by molar-refractivity contribution is 7.33. The van der Waals surface area contributed by atoms with E-state index in [0.29, 0.717) is 12.5 Å². The van der Waals surface area contributed by atoms with Crippen molar-refractivity contribution in [1.82, 2.24) is 5.48 Å². The van der Waals surface area contributed by atoms with E-state index in [9.17, 15) is 9.36 Å². The molecule has 0 spiro atoms. The molecule has 0 fully saturated rings. The maximum Gasteiger partial charge on any atom is 0.697 e. The number of nitrogens with one attached hydrogen (secondary N) is 1. The van der Waals surface area contributed by atoms with E-state index in [-0.39, 0.29) is 13.0 Å². The predicted molar refractivity (Wildman–Crippen MR) is 67.4 cm³/mol. The Balaban J connectivity index is 3.64. The molecule has 0 aromatic heterocycles. The van der Waals surface area contributed by atoms with Crippen LogP contribution in [0.4, 0.5) is 0 Å². The van der Waals surface area contributed by atoms with Crippen LogP contribution in [-0.2, 0) is 18.4 Å². The zero-order valence-electron chi connectivity index (χ0n) is 11.1. The van der Waals surface area contributed by atoms with E-state index < -0.39 is 14.2 Å². The van der Waals surface area contributed by atoms with Crippen LogP contribution in [0.25, 0.3) is 0 Å². The molecule has 7 heteroatoms. The molecule has 1 amide bonds. The Morgan fingerprint density at radius 1 is 1.39 bits per heavy atom. The van der Waals surface area contributed by atoms with Gasteiger partial charge in [0.2, 0.25) is 5.91 Å². The van der Waals surface area contributed by atoms with Gasteiger partial charge in [-0.25, -0.2) is 5.48 Å². The molecule has 0 saturated carbocycles. The third kappa shape index (κ3) is 9.48. The second kappa shape index (κ2) is 11.5. The zero-order chi connectivity index (χ0) is 13.8. The Bertz CT molecular complexity index is 250. The molecule has 0 aliphatic carbocycles. The lowest BCUT2D eigenvalue weighted by Crippen LogP contribution is -2.19. The molecule has 106 valence electrons.